The third-order valence-corrected chi connectivity index (χ3v) is 3.87. The molecule has 0 unspecified atom stereocenters. The van der Waals surface area contributed by atoms with Gasteiger partial charge in [-0.1, -0.05) is 0 Å². The van der Waals surface area contributed by atoms with Gasteiger partial charge in [-0.25, -0.2) is 0 Å². The summed E-state index contributed by atoms with van der Waals surface area (Å²) in [5.74, 6) is 0.620. The molecule has 2 aromatic rings. The molecule has 0 spiro atoms. The molecule has 0 bridgehead atoms. The fraction of sp³-hybridized carbons (Fsp3) is 0.200. The van der Waals surface area contributed by atoms with Crippen molar-refractivity contribution in [1.29, 1.82) is 0 Å². The van der Waals surface area contributed by atoms with E-state index in [9.17, 15) is 0 Å². The van der Waals surface area contributed by atoms with E-state index in [2.05, 4.69) is 15.5 Å². The van der Waals surface area contributed by atoms with E-state index in [0.29, 0.717) is 5.88 Å². The number of anilines is 2. The summed E-state index contributed by atoms with van der Waals surface area (Å²) in [4.78, 5) is 0. The molecule has 2 rings (SSSR count). The zero-order chi connectivity index (χ0) is 10.5. The average molecular weight is 287 g/mol. The first-order chi connectivity index (χ1) is 7.38. The van der Waals surface area contributed by atoms with Gasteiger partial charge in [-0.2, -0.15) is 0 Å². The summed E-state index contributed by atoms with van der Waals surface area (Å²) in [5.41, 5.74) is 1.06. The van der Waals surface area contributed by atoms with E-state index in [4.69, 9.17) is 11.6 Å². The Hall–Kier alpha value is -0.831. The number of rotatable bonds is 4. The van der Waals surface area contributed by atoms with Gasteiger partial charge < -0.3 is 0 Å². The van der Waals surface area contributed by atoms with Crippen molar-refractivity contribution in [2.45, 2.75) is 6.42 Å². The number of halogens is 1. The zero-order valence-corrected chi connectivity index (χ0v) is 10.5. The van der Waals surface area contributed by atoms with E-state index in [0.717, 1.165) is 21.4 Å². The van der Waals surface area contributed by atoms with Gasteiger partial charge in [0, 0.05) is 0 Å². The van der Waals surface area contributed by atoms with Crippen molar-refractivity contribution in [3.05, 3.63) is 34.9 Å². The second-order valence-electron chi connectivity index (χ2n) is 2.93. The molecule has 78 valence electrons. The number of hydrogen-bond donors (Lipinski definition) is 1. The summed E-state index contributed by atoms with van der Waals surface area (Å²) < 4.78 is 2.06. The van der Waals surface area contributed by atoms with Gasteiger partial charge >= 0.3 is 99.2 Å². The van der Waals surface area contributed by atoms with Gasteiger partial charge in [0.25, 0.3) is 0 Å². The first-order valence-corrected chi connectivity index (χ1v) is 6.83. The van der Waals surface area contributed by atoms with Crippen LogP contribution >= 0.6 is 11.6 Å². The number of nitrogens with zero attached hydrogens (tertiary/aromatic N) is 2. The minimum atomic E-state index is 0.213. The Morgan fingerprint density at radius 1 is 1.20 bits per heavy atom. The van der Waals surface area contributed by atoms with Crippen LogP contribution in [0.4, 0.5) is 10.4 Å². The molecule has 0 aliphatic carbocycles. The molecule has 0 atom stereocenters. The first-order valence-electron chi connectivity index (χ1n) is 4.59. The fourth-order valence-corrected chi connectivity index (χ4v) is 3.16. The second kappa shape index (κ2) is 5.31. The molecule has 3 nitrogen and oxygen atoms in total. The van der Waals surface area contributed by atoms with E-state index in [-0.39, 0.29) is 14.5 Å². The van der Waals surface area contributed by atoms with Gasteiger partial charge in [0.15, 0.2) is 0 Å². The Morgan fingerprint density at radius 3 is 2.73 bits per heavy atom. The summed E-state index contributed by atoms with van der Waals surface area (Å²) in [6.07, 6.45) is 0.838. The Labute approximate surface area is 99.2 Å². The number of aryl methyl sites for hydroxylation is 1. The van der Waals surface area contributed by atoms with Crippen LogP contribution in [-0.4, -0.2) is 30.6 Å². The van der Waals surface area contributed by atoms with Crippen molar-refractivity contribution in [1.82, 2.24) is 10.2 Å². The van der Waals surface area contributed by atoms with Gasteiger partial charge in [-0.15, -0.1) is 0 Å². The molecule has 1 aromatic heterocycles. The third-order valence-electron chi connectivity index (χ3n) is 1.80. The Kier molecular flexibility index (Phi) is 3.78. The molecule has 15 heavy (non-hydrogen) atoms. The van der Waals surface area contributed by atoms with Gasteiger partial charge in [-0.05, 0) is 0 Å². The van der Waals surface area contributed by atoms with Crippen LogP contribution in [0, 0.1) is 0 Å². The van der Waals surface area contributed by atoms with Crippen LogP contribution in [0.1, 0.15) is 4.57 Å². The number of para-hydroxylation sites is 1. The van der Waals surface area contributed by atoms with Crippen molar-refractivity contribution in [3.63, 3.8) is 0 Å². The molecule has 0 aliphatic rings. The van der Waals surface area contributed by atoms with Crippen molar-refractivity contribution in [3.8, 4) is 0 Å². The van der Waals surface area contributed by atoms with Gasteiger partial charge in [0.2, 0.25) is 0 Å². The van der Waals surface area contributed by atoms with Crippen LogP contribution in [0.5, 0.6) is 0 Å². The first kappa shape index (κ1) is 10.7. The van der Waals surface area contributed by atoms with E-state index >= 15 is 0 Å². The molecular weight excluding hydrogens is 277 g/mol. The Morgan fingerprint density at radius 2 is 2.00 bits per heavy atom. The molecule has 0 saturated heterocycles. The van der Waals surface area contributed by atoms with E-state index in [1.165, 1.54) is 0 Å². The van der Waals surface area contributed by atoms with Gasteiger partial charge in [0.1, 0.15) is 0 Å². The number of hydrogen-bond acceptors (Lipinski definition) is 3. The van der Waals surface area contributed by atoms with E-state index in [1.807, 2.05) is 30.3 Å². The topological polar surface area (TPSA) is 37.8 Å². The van der Waals surface area contributed by atoms with Crippen LogP contribution < -0.4 is 5.32 Å². The van der Waals surface area contributed by atoms with Crippen LogP contribution in [-0.2, 0) is 6.42 Å². The van der Waals surface area contributed by atoms with Crippen molar-refractivity contribution in [2.24, 2.45) is 0 Å². The maximum absolute atomic E-state index is 5.65. The van der Waals surface area contributed by atoms with Crippen LogP contribution in [0.2, 0.25) is 0 Å². The predicted octanol–water partition coefficient (Wildman–Crippen LogP) is 2.06. The molecule has 1 heterocycles. The zero-order valence-electron chi connectivity index (χ0n) is 7.98. The molecule has 0 amide bonds. The Bertz CT molecular complexity index is 416. The van der Waals surface area contributed by atoms with Gasteiger partial charge in [-0.3, -0.25) is 0 Å². The molecule has 5 heteroatoms. The maximum atomic E-state index is 5.65. The second-order valence-corrected chi connectivity index (χ2v) is 5.54. The van der Waals surface area contributed by atoms with Gasteiger partial charge in [0.05, 0.1) is 0 Å². The molecule has 0 radical (unpaired) electrons. The quantitative estimate of drug-likeness (QED) is 0.690. The minimum absolute atomic E-state index is 0.213. The van der Waals surface area contributed by atoms with Crippen molar-refractivity contribution in [2.75, 3.05) is 11.2 Å². The monoisotopic (exact) mass is 287 g/mol. The van der Waals surface area contributed by atoms with E-state index < -0.39 is 0 Å². The normalized spacial score (nSPS) is 10.2. The molecule has 0 saturated carbocycles. The summed E-state index contributed by atoms with van der Waals surface area (Å²) in [6, 6.07) is 10.00. The molecule has 1 N–H and O–H groups in total. The number of aromatic nitrogens is 2. The molecule has 0 aliphatic heterocycles. The molecule has 0 fully saturated rings. The summed E-state index contributed by atoms with van der Waals surface area (Å²) >= 11 is 5.86. The summed E-state index contributed by atoms with van der Waals surface area (Å²) in [5, 5.41) is 11.4. The van der Waals surface area contributed by atoms with Crippen LogP contribution in [0.25, 0.3) is 0 Å². The molecule has 1 aromatic carbocycles. The predicted molar refractivity (Wildman–Crippen MR) is 63.1 cm³/mol. The molecular formula is C10H10ClN3Se. The van der Waals surface area contributed by atoms with Crippen LogP contribution in [0.15, 0.2) is 30.3 Å². The standard InChI is InChI=1S/C10H10ClN3Se/c11-7-6-9-13-14-10(15-9)12-8-4-2-1-3-5-8/h1-5H,6-7H2,(H,12,14). The number of nitrogens with one attached hydrogen (secondary N) is 1. The van der Waals surface area contributed by atoms with Crippen molar-refractivity contribution < 1.29 is 0 Å². The summed E-state index contributed by atoms with van der Waals surface area (Å²) in [7, 11) is 0. The fourth-order valence-electron chi connectivity index (χ4n) is 1.13. The number of benzene rings is 1. The van der Waals surface area contributed by atoms with E-state index in [1.54, 1.807) is 0 Å². The average Bonchev–Trinajstić information content (AvgIpc) is 2.68. The van der Waals surface area contributed by atoms with Crippen molar-refractivity contribution >= 4 is 36.5 Å². The number of alkyl halides is 1. The third kappa shape index (κ3) is 3.06. The SMILES string of the molecule is ClCCc1nnc(Nc2ccccc2)[se]1. The van der Waals surface area contributed by atoms with Crippen LogP contribution in [0.3, 0.4) is 0 Å². The summed E-state index contributed by atoms with van der Waals surface area (Å²) in [6.45, 7) is 0. The Balaban J connectivity index is 2.05.